The van der Waals surface area contributed by atoms with E-state index >= 15 is 0 Å². The summed E-state index contributed by atoms with van der Waals surface area (Å²) in [6.45, 7) is 1.88. The highest BCUT2D eigenvalue weighted by Crippen LogP contribution is 2.25. The van der Waals surface area contributed by atoms with Crippen molar-refractivity contribution in [3.8, 4) is 17.2 Å². The molecule has 0 amide bonds. The Bertz CT molecular complexity index is 821. The molecule has 0 atom stereocenters. The predicted molar refractivity (Wildman–Crippen MR) is 109 cm³/mol. The molecule has 0 saturated carbocycles. The molecule has 0 spiro atoms. The number of anilines is 1. The summed E-state index contributed by atoms with van der Waals surface area (Å²) < 4.78 is 16.9. The molecular formula is C23H25NO3. The maximum atomic E-state index is 5.87. The number of benzene rings is 3. The van der Waals surface area contributed by atoms with Crippen molar-refractivity contribution in [2.24, 2.45) is 0 Å². The highest BCUT2D eigenvalue weighted by molar-refractivity contribution is 5.48. The van der Waals surface area contributed by atoms with E-state index in [4.69, 9.17) is 14.2 Å². The molecule has 140 valence electrons. The van der Waals surface area contributed by atoms with Gasteiger partial charge in [0, 0.05) is 24.7 Å². The smallest absolute Gasteiger partial charge is 0.161 e. The van der Waals surface area contributed by atoms with E-state index in [1.807, 2.05) is 66.7 Å². The maximum Gasteiger partial charge on any atom is 0.161 e. The van der Waals surface area contributed by atoms with E-state index in [2.05, 4.69) is 17.4 Å². The summed E-state index contributed by atoms with van der Waals surface area (Å²) in [5, 5.41) is 3.36. The Balaban J connectivity index is 1.42. The largest absolute Gasteiger partial charge is 0.493 e. The third-order valence-corrected chi connectivity index (χ3v) is 4.09. The minimum atomic E-state index is 0.541. The molecule has 4 heteroatoms. The van der Waals surface area contributed by atoms with Crippen LogP contribution in [0.25, 0.3) is 0 Å². The second kappa shape index (κ2) is 10.1. The van der Waals surface area contributed by atoms with Gasteiger partial charge in [-0.05, 0) is 29.8 Å². The first-order valence-electron chi connectivity index (χ1n) is 9.11. The van der Waals surface area contributed by atoms with Gasteiger partial charge in [-0.3, -0.25) is 0 Å². The molecule has 27 heavy (non-hydrogen) atoms. The van der Waals surface area contributed by atoms with Crippen molar-refractivity contribution in [3.63, 3.8) is 0 Å². The van der Waals surface area contributed by atoms with E-state index in [1.54, 1.807) is 7.11 Å². The lowest BCUT2D eigenvalue weighted by molar-refractivity contribution is 0.305. The van der Waals surface area contributed by atoms with Gasteiger partial charge in [0.2, 0.25) is 0 Å². The van der Waals surface area contributed by atoms with E-state index in [0.717, 1.165) is 29.4 Å². The molecule has 0 unspecified atom stereocenters. The molecule has 3 rings (SSSR count). The summed E-state index contributed by atoms with van der Waals surface area (Å²) in [6.07, 6.45) is 0.894. The summed E-state index contributed by atoms with van der Waals surface area (Å²) in [5.41, 5.74) is 2.29. The molecule has 1 N–H and O–H groups in total. The van der Waals surface area contributed by atoms with Crippen LogP contribution in [0, 0.1) is 0 Å². The molecule has 0 heterocycles. The number of rotatable bonds is 10. The molecule has 0 fully saturated rings. The van der Waals surface area contributed by atoms with Gasteiger partial charge in [0.1, 0.15) is 12.4 Å². The van der Waals surface area contributed by atoms with Gasteiger partial charge < -0.3 is 19.5 Å². The lowest BCUT2D eigenvalue weighted by atomic mass is 10.2. The SMILES string of the molecule is COc1ccccc1OCCNc1cccc(OCCc2ccccc2)c1. The molecule has 0 aliphatic heterocycles. The normalized spacial score (nSPS) is 10.3. The van der Waals surface area contributed by atoms with Crippen molar-refractivity contribution in [1.82, 2.24) is 0 Å². The Labute approximate surface area is 160 Å². The molecule has 0 aliphatic rings. The summed E-state index contributed by atoms with van der Waals surface area (Å²) in [6, 6.07) is 26.0. The minimum absolute atomic E-state index is 0.541. The topological polar surface area (TPSA) is 39.7 Å². The van der Waals surface area contributed by atoms with Crippen molar-refractivity contribution < 1.29 is 14.2 Å². The average molecular weight is 363 g/mol. The monoisotopic (exact) mass is 363 g/mol. The van der Waals surface area contributed by atoms with Crippen molar-refractivity contribution in [3.05, 3.63) is 84.4 Å². The Morgan fingerprint density at radius 1 is 0.741 bits per heavy atom. The van der Waals surface area contributed by atoms with E-state index < -0.39 is 0 Å². The van der Waals surface area contributed by atoms with Gasteiger partial charge in [-0.2, -0.15) is 0 Å². The van der Waals surface area contributed by atoms with Crippen LogP contribution in [0.5, 0.6) is 17.2 Å². The third kappa shape index (κ3) is 5.96. The number of methoxy groups -OCH3 is 1. The zero-order valence-corrected chi connectivity index (χ0v) is 15.6. The molecule has 0 bridgehead atoms. The van der Waals surface area contributed by atoms with E-state index in [1.165, 1.54) is 5.56 Å². The zero-order valence-electron chi connectivity index (χ0n) is 15.6. The number of para-hydroxylation sites is 2. The van der Waals surface area contributed by atoms with E-state index in [9.17, 15) is 0 Å². The highest BCUT2D eigenvalue weighted by Gasteiger charge is 2.02. The minimum Gasteiger partial charge on any atom is -0.493 e. The number of hydrogen-bond donors (Lipinski definition) is 1. The number of nitrogens with one attached hydrogen (secondary N) is 1. The van der Waals surface area contributed by atoms with Gasteiger partial charge in [-0.1, -0.05) is 48.5 Å². The molecular weight excluding hydrogens is 338 g/mol. The maximum absolute atomic E-state index is 5.87. The van der Waals surface area contributed by atoms with Gasteiger partial charge in [0.15, 0.2) is 11.5 Å². The van der Waals surface area contributed by atoms with Gasteiger partial charge >= 0.3 is 0 Å². The number of ether oxygens (including phenoxy) is 3. The number of hydrogen-bond acceptors (Lipinski definition) is 4. The van der Waals surface area contributed by atoms with Crippen LogP contribution in [0.1, 0.15) is 5.56 Å². The first-order valence-corrected chi connectivity index (χ1v) is 9.11. The van der Waals surface area contributed by atoms with Crippen molar-refractivity contribution in [1.29, 1.82) is 0 Å². The Morgan fingerprint density at radius 3 is 2.33 bits per heavy atom. The Morgan fingerprint density at radius 2 is 1.52 bits per heavy atom. The third-order valence-electron chi connectivity index (χ3n) is 4.09. The summed E-state index contributed by atoms with van der Waals surface area (Å²) in [7, 11) is 1.64. The van der Waals surface area contributed by atoms with Crippen LogP contribution in [0.15, 0.2) is 78.9 Å². The molecule has 0 saturated heterocycles. The second-order valence-electron chi connectivity index (χ2n) is 6.04. The summed E-state index contributed by atoms with van der Waals surface area (Å²) in [5.74, 6) is 2.35. The fraction of sp³-hybridized carbons (Fsp3) is 0.217. The Kier molecular flexibility index (Phi) is 6.99. The van der Waals surface area contributed by atoms with Gasteiger partial charge in [-0.25, -0.2) is 0 Å². The van der Waals surface area contributed by atoms with Crippen molar-refractivity contribution in [2.45, 2.75) is 6.42 Å². The first-order chi connectivity index (χ1) is 13.3. The van der Waals surface area contributed by atoms with Gasteiger partial charge in [-0.15, -0.1) is 0 Å². The standard InChI is InChI=1S/C23H25NO3/c1-25-22-12-5-6-13-23(22)27-17-15-24-20-10-7-11-21(18-20)26-16-14-19-8-3-2-4-9-19/h2-13,18,24H,14-17H2,1H3. The van der Waals surface area contributed by atoms with Crippen molar-refractivity contribution in [2.75, 3.05) is 32.2 Å². The molecule has 3 aromatic rings. The van der Waals surface area contributed by atoms with Crippen LogP contribution in [-0.4, -0.2) is 26.9 Å². The quantitative estimate of drug-likeness (QED) is 0.525. The Hall–Kier alpha value is -3.14. The molecule has 0 radical (unpaired) electrons. The molecule has 4 nitrogen and oxygen atoms in total. The van der Waals surface area contributed by atoms with Crippen LogP contribution in [0.3, 0.4) is 0 Å². The summed E-state index contributed by atoms with van der Waals surface area (Å²) >= 11 is 0. The van der Waals surface area contributed by atoms with Gasteiger partial charge in [0.25, 0.3) is 0 Å². The zero-order chi connectivity index (χ0) is 18.7. The van der Waals surface area contributed by atoms with Crippen LogP contribution >= 0.6 is 0 Å². The van der Waals surface area contributed by atoms with Crippen LogP contribution < -0.4 is 19.5 Å². The van der Waals surface area contributed by atoms with Crippen molar-refractivity contribution >= 4 is 5.69 Å². The lowest BCUT2D eigenvalue weighted by Crippen LogP contribution is -2.12. The molecule has 0 aromatic heterocycles. The van der Waals surface area contributed by atoms with Gasteiger partial charge in [0.05, 0.1) is 13.7 Å². The highest BCUT2D eigenvalue weighted by atomic mass is 16.5. The lowest BCUT2D eigenvalue weighted by Gasteiger charge is -2.12. The molecule has 0 aliphatic carbocycles. The fourth-order valence-corrected chi connectivity index (χ4v) is 2.72. The van der Waals surface area contributed by atoms with E-state index in [-0.39, 0.29) is 0 Å². The van der Waals surface area contributed by atoms with Crippen LogP contribution in [0.2, 0.25) is 0 Å². The molecule has 3 aromatic carbocycles. The predicted octanol–water partition coefficient (Wildman–Crippen LogP) is 4.81. The second-order valence-corrected chi connectivity index (χ2v) is 6.04. The first kappa shape index (κ1) is 18.6. The van der Waals surface area contributed by atoms with E-state index in [0.29, 0.717) is 19.8 Å². The van der Waals surface area contributed by atoms with Crippen LogP contribution in [0.4, 0.5) is 5.69 Å². The fourth-order valence-electron chi connectivity index (χ4n) is 2.72. The van der Waals surface area contributed by atoms with Crippen LogP contribution in [-0.2, 0) is 6.42 Å². The summed E-state index contributed by atoms with van der Waals surface area (Å²) in [4.78, 5) is 0. The average Bonchev–Trinajstić information content (AvgIpc) is 2.73.